The van der Waals surface area contributed by atoms with Crippen LogP contribution in [-0.2, 0) is 24.6 Å². The van der Waals surface area contributed by atoms with Crippen molar-refractivity contribution in [3.63, 3.8) is 0 Å². The van der Waals surface area contributed by atoms with Crippen LogP contribution in [0.25, 0.3) is 0 Å². The van der Waals surface area contributed by atoms with Gasteiger partial charge in [-0.3, -0.25) is 4.79 Å². The zero-order chi connectivity index (χ0) is 30.1. The van der Waals surface area contributed by atoms with Gasteiger partial charge in [-0.05, 0) is 52.9 Å². The second-order valence-electron chi connectivity index (χ2n) is 11.5. The monoisotopic (exact) mass is 584 g/mol. The summed E-state index contributed by atoms with van der Waals surface area (Å²) in [6.45, 7) is 6.80. The van der Waals surface area contributed by atoms with E-state index in [9.17, 15) is 4.79 Å². The number of ketones is 1. The minimum atomic E-state index is -0.218. The van der Waals surface area contributed by atoms with Crippen LogP contribution in [0.2, 0.25) is 0 Å². The molecule has 2 unspecified atom stereocenters. The van der Waals surface area contributed by atoms with Gasteiger partial charge >= 0.3 is 0 Å². The highest BCUT2D eigenvalue weighted by Gasteiger charge is 2.32. The van der Waals surface area contributed by atoms with Crippen LogP contribution in [0.1, 0.15) is 77.4 Å². The second kappa shape index (κ2) is 14.5. The third-order valence-electron chi connectivity index (χ3n) is 8.00. The van der Waals surface area contributed by atoms with Gasteiger partial charge in [0.15, 0.2) is 5.78 Å². The fourth-order valence-corrected chi connectivity index (χ4v) is 7.77. The number of ether oxygens (including phenoxy) is 1. The molecule has 0 aliphatic heterocycles. The van der Waals surface area contributed by atoms with Crippen LogP contribution in [-0.4, -0.2) is 5.78 Å². The van der Waals surface area contributed by atoms with Crippen molar-refractivity contribution in [3.05, 3.63) is 166 Å². The lowest BCUT2D eigenvalue weighted by Crippen LogP contribution is -2.23. The molecule has 5 aromatic rings. The van der Waals surface area contributed by atoms with Crippen molar-refractivity contribution >= 4 is 19.7 Å². The molecule has 0 radical (unpaired) electrons. The first kappa shape index (κ1) is 30.5. The van der Waals surface area contributed by atoms with E-state index >= 15 is 0 Å². The van der Waals surface area contributed by atoms with Crippen molar-refractivity contribution in [2.45, 2.75) is 58.2 Å². The van der Waals surface area contributed by atoms with Crippen molar-refractivity contribution in [3.8, 4) is 5.75 Å². The van der Waals surface area contributed by atoms with Gasteiger partial charge < -0.3 is 4.74 Å². The van der Waals surface area contributed by atoms with Crippen LogP contribution in [0.4, 0.5) is 0 Å². The number of hydrogen-bond donors (Lipinski definition) is 0. The summed E-state index contributed by atoms with van der Waals surface area (Å²) in [5, 5.41) is 0.905. The largest absolute Gasteiger partial charge is 0.488 e. The van der Waals surface area contributed by atoms with Crippen LogP contribution in [0.15, 0.2) is 127 Å². The molecule has 2 atom stereocenters. The van der Waals surface area contributed by atoms with E-state index in [2.05, 4.69) is 123 Å². The maximum Gasteiger partial charge on any atom is 0.160 e. The number of hydrogen-bond acceptors (Lipinski definition) is 2. The average molecular weight is 585 g/mol. The molecule has 0 aliphatic rings. The van der Waals surface area contributed by atoms with E-state index in [1.165, 1.54) is 27.8 Å². The first-order chi connectivity index (χ1) is 20.9. The van der Waals surface area contributed by atoms with E-state index in [4.69, 9.17) is 4.74 Å². The normalized spacial score (nSPS) is 12.7. The summed E-state index contributed by atoms with van der Waals surface area (Å²) in [5.74, 6) is 1.10. The molecule has 0 saturated carbocycles. The fraction of sp³-hybridized carbons (Fsp3) is 0.225. The molecular weight excluding hydrogens is 543 g/mol. The number of carbonyl (C=O) groups excluding carboxylic acids is 1. The van der Waals surface area contributed by atoms with Crippen molar-refractivity contribution in [1.29, 1.82) is 0 Å². The van der Waals surface area contributed by atoms with Gasteiger partial charge in [0.1, 0.15) is 12.4 Å². The van der Waals surface area contributed by atoms with Crippen LogP contribution in [0.5, 0.6) is 5.75 Å². The molecular formula is C40H41O2P. The summed E-state index contributed by atoms with van der Waals surface area (Å²) in [4.78, 5) is 12.7. The molecule has 0 spiro atoms. The zero-order valence-electron chi connectivity index (χ0n) is 25.5. The molecule has 0 aromatic heterocycles. The molecule has 3 heteroatoms. The predicted octanol–water partition coefficient (Wildman–Crippen LogP) is 9.67. The first-order valence-corrected chi connectivity index (χ1v) is 16.2. The van der Waals surface area contributed by atoms with Gasteiger partial charge in [-0.1, -0.05) is 156 Å². The number of rotatable bonds is 13. The third-order valence-corrected chi connectivity index (χ3v) is 9.78. The Hall–Kier alpha value is -4.00. The topological polar surface area (TPSA) is 26.3 Å². The summed E-state index contributed by atoms with van der Waals surface area (Å²) in [6.07, 6.45) is 3.65. The van der Waals surface area contributed by atoms with Crippen molar-refractivity contribution in [2.75, 3.05) is 0 Å². The minimum absolute atomic E-state index is 0.116. The van der Waals surface area contributed by atoms with Crippen LogP contribution in [0.3, 0.4) is 0 Å². The first-order valence-electron chi connectivity index (χ1n) is 15.2. The van der Waals surface area contributed by atoms with Crippen molar-refractivity contribution < 1.29 is 9.53 Å². The molecule has 43 heavy (non-hydrogen) atoms. The molecule has 0 N–H and O–H groups in total. The molecule has 0 amide bonds. The average Bonchev–Trinajstić information content (AvgIpc) is 3.02. The van der Waals surface area contributed by atoms with Gasteiger partial charge in [-0.15, -0.1) is 0 Å². The maximum absolute atomic E-state index is 12.7. The van der Waals surface area contributed by atoms with Crippen molar-refractivity contribution in [1.82, 2.24) is 0 Å². The van der Waals surface area contributed by atoms with E-state index in [0.717, 1.165) is 47.9 Å². The second-order valence-corrected chi connectivity index (χ2v) is 13.4. The summed E-state index contributed by atoms with van der Waals surface area (Å²) < 4.78 is 6.88. The molecule has 0 saturated heterocycles. The van der Waals surface area contributed by atoms with Gasteiger partial charge in [0.05, 0.1) is 0 Å². The molecule has 0 fully saturated rings. The van der Waals surface area contributed by atoms with Crippen molar-refractivity contribution in [2.24, 2.45) is 0 Å². The summed E-state index contributed by atoms with van der Waals surface area (Å²) in [7, 11) is 0.419. The van der Waals surface area contributed by atoms with E-state index in [1.807, 2.05) is 18.2 Å². The van der Waals surface area contributed by atoms with Gasteiger partial charge in [0, 0.05) is 22.7 Å². The Labute approximate surface area is 258 Å². The van der Waals surface area contributed by atoms with E-state index < -0.39 is 0 Å². The zero-order valence-corrected chi connectivity index (χ0v) is 26.5. The van der Waals surface area contributed by atoms with Gasteiger partial charge in [-0.2, -0.15) is 0 Å². The summed E-state index contributed by atoms with van der Waals surface area (Å²) >= 11 is 0. The van der Waals surface area contributed by atoms with Gasteiger partial charge in [0.25, 0.3) is 0 Å². The van der Waals surface area contributed by atoms with E-state index in [-0.39, 0.29) is 10.9 Å². The predicted molar refractivity (Wildman–Crippen MR) is 182 cm³/mol. The molecule has 5 rings (SSSR count). The Morgan fingerprint density at radius 2 is 1.26 bits per heavy atom. The highest BCUT2D eigenvalue weighted by molar-refractivity contribution is 7.48. The third kappa shape index (κ3) is 7.89. The Balaban J connectivity index is 1.68. The number of Topliss-reactive ketones (excluding diaryl/α,β-unsaturated/α-hetero) is 1. The molecule has 218 valence electrons. The van der Waals surface area contributed by atoms with Crippen LogP contribution in [0, 0.1) is 0 Å². The number of benzene rings is 5. The maximum atomic E-state index is 12.7. The lowest BCUT2D eigenvalue weighted by Gasteiger charge is -2.34. The van der Waals surface area contributed by atoms with Crippen LogP contribution < -0.4 is 10.0 Å². The summed E-state index contributed by atoms with van der Waals surface area (Å²) in [5.41, 5.74) is 8.24. The molecule has 0 bridgehead atoms. The minimum Gasteiger partial charge on any atom is -0.488 e. The molecule has 5 aromatic carbocycles. The van der Waals surface area contributed by atoms with E-state index in [0.29, 0.717) is 15.2 Å². The van der Waals surface area contributed by atoms with Crippen LogP contribution >= 0.6 is 8.58 Å². The Kier molecular flexibility index (Phi) is 10.2. The highest BCUT2D eigenvalue weighted by atomic mass is 31.1. The smallest absolute Gasteiger partial charge is 0.160 e. The highest BCUT2D eigenvalue weighted by Crippen LogP contribution is 2.50. The fourth-order valence-electron chi connectivity index (χ4n) is 5.91. The molecule has 0 heterocycles. The quantitative estimate of drug-likeness (QED) is 0.102. The SMILES string of the molecule is CCCC(C)(Pc1ccccc1C(C)=O)c1cc(Cc2ccccc2)cc(Cc2ccccc2)c1OCc1ccccc1. The molecule has 0 aliphatic carbocycles. The Bertz CT molecular complexity index is 1630. The number of carbonyl (C=O) groups is 1. The standard InChI is InChI=1S/C40H41O2P/c1-4-24-40(3,43-38-23-15-14-22-36(38)30(2)41)37-28-34(25-31-16-8-5-9-17-31)27-35(26-32-18-10-6-11-19-32)39(37)42-29-33-20-12-7-13-21-33/h5-23,27-28,43H,4,24-26,29H2,1-3H3. The molecule has 2 nitrogen and oxygen atoms in total. The van der Waals surface area contributed by atoms with Gasteiger partial charge in [0.2, 0.25) is 0 Å². The Morgan fingerprint density at radius 3 is 1.86 bits per heavy atom. The Morgan fingerprint density at radius 1 is 0.698 bits per heavy atom. The van der Waals surface area contributed by atoms with E-state index in [1.54, 1.807) is 6.92 Å². The van der Waals surface area contributed by atoms with Gasteiger partial charge in [-0.25, -0.2) is 0 Å². The lowest BCUT2D eigenvalue weighted by atomic mass is 9.87. The summed E-state index contributed by atoms with van der Waals surface area (Å²) in [6, 6.07) is 44.6. The lowest BCUT2D eigenvalue weighted by molar-refractivity contribution is 0.101.